The highest BCUT2D eigenvalue weighted by Gasteiger charge is 2.19. The summed E-state index contributed by atoms with van der Waals surface area (Å²) in [6.07, 6.45) is 8.63. The van der Waals surface area contributed by atoms with Crippen molar-refractivity contribution < 1.29 is 28.2 Å². The second-order valence-electron chi connectivity index (χ2n) is 8.55. The third kappa shape index (κ3) is 6.27. The normalized spacial score (nSPS) is 10.4. The van der Waals surface area contributed by atoms with Crippen LogP contribution in [0.25, 0.3) is 16.9 Å². The number of pyridine rings is 1. The van der Waals surface area contributed by atoms with Gasteiger partial charge in [0.1, 0.15) is 0 Å². The molecule has 5 aromatic rings. The molecule has 3 aromatic heterocycles. The van der Waals surface area contributed by atoms with Crippen LogP contribution in [0.15, 0.2) is 73.4 Å². The lowest BCUT2D eigenvalue weighted by Crippen LogP contribution is -2.24. The molecule has 3 heterocycles. The number of ether oxygens (including phenoxy) is 1. The summed E-state index contributed by atoms with van der Waals surface area (Å²) in [5.41, 5.74) is 3.94. The van der Waals surface area contributed by atoms with Gasteiger partial charge >= 0.3 is 0 Å². The summed E-state index contributed by atoms with van der Waals surface area (Å²) in [5.74, 6) is -2.01. The highest BCUT2D eigenvalue weighted by molar-refractivity contribution is 5.96. The van der Waals surface area contributed by atoms with Crippen molar-refractivity contribution in [2.24, 2.45) is 0 Å². The number of imidazole rings is 1. The van der Waals surface area contributed by atoms with Gasteiger partial charge in [-0.05, 0) is 60.0 Å². The minimum Gasteiger partial charge on any atom is -0.494 e. The molecule has 210 valence electrons. The van der Waals surface area contributed by atoms with E-state index in [0.717, 1.165) is 11.1 Å². The predicted octanol–water partition coefficient (Wildman–Crippen LogP) is 5.01. The number of aryl methyl sites for hydroxylation is 1. The maximum absolute atomic E-state index is 14.8. The maximum atomic E-state index is 14.8. The van der Waals surface area contributed by atoms with Gasteiger partial charge in [-0.1, -0.05) is 6.92 Å². The quantitative estimate of drug-likeness (QED) is 0.226. The summed E-state index contributed by atoms with van der Waals surface area (Å²) in [7, 11) is 1.28. The van der Waals surface area contributed by atoms with E-state index in [4.69, 9.17) is 14.6 Å². The Morgan fingerprint density at radius 3 is 2.54 bits per heavy atom. The Bertz CT molecular complexity index is 1680. The number of rotatable bonds is 8. The number of nitrogens with one attached hydrogen (secondary N) is 2. The smallest absolute Gasteiger partial charge is 0.290 e. The molecular formula is C29H26F2N6O4. The molecule has 3 N–H and O–H groups in total. The Labute approximate surface area is 233 Å². The first kappa shape index (κ1) is 28.6. The lowest BCUT2D eigenvalue weighted by molar-refractivity contribution is -0.122. The van der Waals surface area contributed by atoms with Crippen LogP contribution in [-0.2, 0) is 17.8 Å². The molecule has 0 spiro atoms. The minimum absolute atomic E-state index is 0.0448. The Hall–Kier alpha value is -5.39. The molecule has 0 bridgehead atoms. The van der Waals surface area contributed by atoms with Crippen LogP contribution in [-0.4, -0.2) is 43.9 Å². The molecule has 0 saturated heterocycles. The van der Waals surface area contributed by atoms with E-state index in [9.17, 15) is 13.6 Å². The highest BCUT2D eigenvalue weighted by Crippen LogP contribution is 2.31. The SMILES string of the molecule is CCc1cc(Nc2nccn3c(-c4ccc(OC)c(F)c4F)cnc23)ccc1C(=O)NCc1ccncc1.O=CO. The molecular weight excluding hydrogens is 534 g/mol. The van der Waals surface area contributed by atoms with Gasteiger partial charge in [-0.3, -0.25) is 19.0 Å². The van der Waals surface area contributed by atoms with Crippen LogP contribution in [0.3, 0.4) is 0 Å². The molecule has 2 aromatic carbocycles. The van der Waals surface area contributed by atoms with Crippen LogP contribution >= 0.6 is 0 Å². The van der Waals surface area contributed by atoms with Crippen LogP contribution in [0.4, 0.5) is 20.3 Å². The van der Waals surface area contributed by atoms with Gasteiger partial charge in [-0.15, -0.1) is 0 Å². The van der Waals surface area contributed by atoms with E-state index in [0.29, 0.717) is 41.4 Å². The zero-order chi connectivity index (χ0) is 29.4. The van der Waals surface area contributed by atoms with Gasteiger partial charge in [-0.25, -0.2) is 14.4 Å². The zero-order valence-electron chi connectivity index (χ0n) is 22.1. The summed E-state index contributed by atoms with van der Waals surface area (Å²) in [6, 6.07) is 11.9. The Morgan fingerprint density at radius 1 is 1.07 bits per heavy atom. The van der Waals surface area contributed by atoms with Crippen LogP contribution < -0.4 is 15.4 Å². The van der Waals surface area contributed by atoms with E-state index < -0.39 is 11.6 Å². The van der Waals surface area contributed by atoms with Crippen LogP contribution in [0, 0.1) is 11.6 Å². The van der Waals surface area contributed by atoms with E-state index in [1.165, 1.54) is 25.4 Å². The van der Waals surface area contributed by atoms with E-state index in [1.54, 1.807) is 41.3 Å². The molecule has 0 aliphatic rings. The maximum Gasteiger partial charge on any atom is 0.290 e. The molecule has 0 fully saturated rings. The second-order valence-corrected chi connectivity index (χ2v) is 8.55. The first-order valence-corrected chi connectivity index (χ1v) is 12.4. The first-order chi connectivity index (χ1) is 19.9. The number of anilines is 2. The minimum atomic E-state index is -1.07. The van der Waals surface area contributed by atoms with Crippen molar-refractivity contribution in [2.45, 2.75) is 19.9 Å². The number of aromatic nitrogens is 4. The van der Waals surface area contributed by atoms with Crippen molar-refractivity contribution in [3.05, 3.63) is 102 Å². The zero-order valence-corrected chi connectivity index (χ0v) is 22.1. The number of halogens is 2. The number of amides is 1. The number of hydrogen-bond acceptors (Lipinski definition) is 7. The summed E-state index contributed by atoms with van der Waals surface area (Å²) in [5, 5.41) is 13.1. The molecule has 0 aliphatic carbocycles. The molecule has 12 heteroatoms. The number of methoxy groups -OCH3 is 1. The first-order valence-electron chi connectivity index (χ1n) is 12.4. The summed E-state index contributed by atoms with van der Waals surface area (Å²) >= 11 is 0. The van der Waals surface area contributed by atoms with Crippen LogP contribution in [0.1, 0.15) is 28.4 Å². The Kier molecular flexibility index (Phi) is 9.15. The van der Waals surface area contributed by atoms with Crippen molar-refractivity contribution >= 4 is 29.5 Å². The fourth-order valence-corrected chi connectivity index (χ4v) is 4.19. The van der Waals surface area contributed by atoms with Crippen molar-refractivity contribution in [3.63, 3.8) is 0 Å². The lowest BCUT2D eigenvalue weighted by Gasteiger charge is -2.13. The topological polar surface area (TPSA) is 131 Å². The molecule has 0 radical (unpaired) electrons. The Morgan fingerprint density at radius 2 is 1.83 bits per heavy atom. The summed E-state index contributed by atoms with van der Waals surface area (Å²) < 4.78 is 35.6. The molecule has 0 aliphatic heterocycles. The highest BCUT2D eigenvalue weighted by atomic mass is 19.2. The number of carbonyl (C=O) groups excluding carboxylic acids is 1. The van der Waals surface area contributed by atoms with Gasteiger partial charge in [0.05, 0.1) is 19.0 Å². The van der Waals surface area contributed by atoms with Crippen molar-refractivity contribution in [2.75, 3.05) is 12.4 Å². The van der Waals surface area contributed by atoms with Gasteiger partial charge in [-0.2, -0.15) is 4.39 Å². The average molecular weight is 561 g/mol. The van der Waals surface area contributed by atoms with Gasteiger partial charge in [0.25, 0.3) is 12.4 Å². The molecule has 0 atom stereocenters. The standard InChI is InChI=1S/C28H24F2N6O2.CH2O2/c1-3-18-14-19(4-5-20(18)28(37)34-15-17-8-10-31-11-9-17)35-26-27-33-16-22(36(27)13-12-32-26)21-6-7-23(38-2)25(30)24(21)29;2-1-3/h4-14,16H,3,15H2,1-2H3,(H,32,35)(H,34,37);1H,(H,2,3). The van der Waals surface area contributed by atoms with E-state index in [2.05, 4.69) is 25.6 Å². The van der Waals surface area contributed by atoms with Gasteiger partial charge in [0.2, 0.25) is 5.82 Å². The van der Waals surface area contributed by atoms with Crippen molar-refractivity contribution in [1.82, 2.24) is 24.7 Å². The number of benzene rings is 2. The van der Waals surface area contributed by atoms with Crippen molar-refractivity contribution in [3.8, 4) is 17.0 Å². The predicted molar refractivity (Wildman–Crippen MR) is 148 cm³/mol. The number of nitrogens with zero attached hydrogens (tertiary/aromatic N) is 4. The third-order valence-electron chi connectivity index (χ3n) is 6.17. The number of hydrogen-bond donors (Lipinski definition) is 3. The lowest BCUT2D eigenvalue weighted by atomic mass is 10.0. The van der Waals surface area contributed by atoms with E-state index in [-0.39, 0.29) is 23.7 Å². The van der Waals surface area contributed by atoms with E-state index in [1.807, 2.05) is 25.1 Å². The van der Waals surface area contributed by atoms with Gasteiger partial charge < -0.3 is 20.5 Å². The fraction of sp³-hybridized carbons (Fsp3) is 0.138. The fourth-order valence-electron chi connectivity index (χ4n) is 4.19. The number of carboxylic acid groups (broad SMARTS) is 1. The molecule has 41 heavy (non-hydrogen) atoms. The Balaban J connectivity index is 0.00000124. The van der Waals surface area contributed by atoms with Gasteiger partial charge in [0, 0.05) is 48.1 Å². The average Bonchev–Trinajstić information content (AvgIpc) is 3.43. The van der Waals surface area contributed by atoms with Gasteiger partial charge in [0.15, 0.2) is 23.0 Å². The summed E-state index contributed by atoms with van der Waals surface area (Å²) in [6.45, 7) is 2.12. The van der Waals surface area contributed by atoms with Crippen LogP contribution in [0.2, 0.25) is 0 Å². The molecule has 10 nitrogen and oxygen atoms in total. The van der Waals surface area contributed by atoms with E-state index >= 15 is 0 Å². The number of carbonyl (C=O) groups is 2. The van der Waals surface area contributed by atoms with Crippen molar-refractivity contribution in [1.29, 1.82) is 0 Å². The molecule has 5 rings (SSSR count). The third-order valence-corrected chi connectivity index (χ3v) is 6.17. The largest absolute Gasteiger partial charge is 0.494 e. The molecule has 0 unspecified atom stereocenters. The summed E-state index contributed by atoms with van der Waals surface area (Å²) in [4.78, 5) is 34.0. The second kappa shape index (κ2) is 13.1. The molecule has 0 saturated carbocycles. The van der Waals surface area contributed by atoms with Crippen LogP contribution in [0.5, 0.6) is 5.75 Å². The molecule has 1 amide bonds. The number of fused-ring (bicyclic) bond motifs is 1. The monoisotopic (exact) mass is 560 g/mol.